The highest BCUT2D eigenvalue weighted by molar-refractivity contribution is 5.91. The molecule has 1 aromatic heterocycles. The molecule has 2 aromatic carbocycles. The Morgan fingerprint density at radius 1 is 0.815 bits per heavy atom. The molecule has 2 N–H and O–H groups in total. The Bertz CT molecular complexity index is 1070. The first-order valence-corrected chi connectivity index (χ1v) is 7.82. The molecule has 0 spiro atoms. The number of rotatable bonds is 5. The maximum absolute atomic E-state index is 13.1. The summed E-state index contributed by atoms with van der Waals surface area (Å²) in [6.45, 7) is 0. The van der Waals surface area contributed by atoms with Gasteiger partial charge in [0.1, 0.15) is 11.0 Å². The second-order valence-corrected chi connectivity index (χ2v) is 5.52. The van der Waals surface area contributed by atoms with Gasteiger partial charge < -0.3 is 33.6 Å². The van der Waals surface area contributed by atoms with Crippen molar-refractivity contribution in [2.75, 3.05) is 28.4 Å². The Morgan fingerprint density at radius 3 is 2.07 bits per heavy atom. The van der Waals surface area contributed by atoms with Gasteiger partial charge in [-0.3, -0.25) is 4.79 Å². The fraction of sp³-hybridized carbons (Fsp3) is 0.211. The van der Waals surface area contributed by atoms with Crippen LogP contribution in [0.4, 0.5) is 0 Å². The van der Waals surface area contributed by atoms with Gasteiger partial charge in [-0.2, -0.15) is 0 Å². The van der Waals surface area contributed by atoms with Crippen molar-refractivity contribution in [1.82, 2.24) is 0 Å². The van der Waals surface area contributed by atoms with Gasteiger partial charge in [0.15, 0.2) is 28.8 Å². The number of phenols is 2. The zero-order valence-electron chi connectivity index (χ0n) is 15.2. The number of fused-ring (bicyclic) bond motifs is 1. The molecule has 0 radical (unpaired) electrons. The number of benzene rings is 2. The first-order valence-electron chi connectivity index (χ1n) is 7.82. The molecule has 0 unspecified atom stereocenters. The summed E-state index contributed by atoms with van der Waals surface area (Å²) in [7, 11) is 5.44. The summed E-state index contributed by atoms with van der Waals surface area (Å²) in [5.74, 6) is -0.0155. The Morgan fingerprint density at radius 2 is 1.48 bits per heavy atom. The van der Waals surface area contributed by atoms with E-state index < -0.39 is 5.43 Å². The van der Waals surface area contributed by atoms with Crippen molar-refractivity contribution in [1.29, 1.82) is 0 Å². The third-order valence-electron chi connectivity index (χ3n) is 4.09. The lowest BCUT2D eigenvalue weighted by molar-refractivity contribution is 0.334. The van der Waals surface area contributed by atoms with Crippen LogP contribution >= 0.6 is 0 Å². The third-order valence-corrected chi connectivity index (χ3v) is 4.09. The molecule has 0 bridgehead atoms. The highest BCUT2D eigenvalue weighted by Crippen LogP contribution is 2.44. The first kappa shape index (κ1) is 18.2. The molecular formula is C19H18O8. The number of hydrogen-bond acceptors (Lipinski definition) is 8. The summed E-state index contributed by atoms with van der Waals surface area (Å²) in [4.78, 5) is 13.1. The second-order valence-electron chi connectivity index (χ2n) is 5.52. The van der Waals surface area contributed by atoms with Crippen molar-refractivity contribution >= 4 is 11.0 Å². The molecule has 3 aromatic rings. The first-order chi connectivity index (χ1) is 13.0. The predicted molar refractivity (Wildman–Crippen MR) is 97.5 cm³/mol. The standard InChI is InChI=1S/C19H18O8/c1-23-12-7-9(5-6-10(12)20)16-19(26-4)15(22)14-13(27-16)8-11(21)17(24-2)18(14)25-3/h5-8,20-21H,1-4H3. The molecular weight excluding hydrogens is 356 g/mol. The van der Waals surface area contributed by atoms with Crippen molar-refractivity contribution in [3.8, 4) is 45.8 Å². The number of methoxy groups -OCH3 is 4. The molecule has 0 aliphatic rings. The van der Waals surface area contributed by atoms with Gasteiger partial charge in [0.2, 0.25) is 16.9 Å². The van der Waals surface area contributed by atoms with Gasteiger partial charge in [-0.05, 0) is 18.2 Å². The van der Waals surface area contributed by atoms with Crippen molar-refractivity contribution in [2.45, 2.75) is 0 Å². The van der Waals surface area contributed by atoms with E-state index in [-0.39, 0.29) is 51.2 Å². The van der Waals surface area contributed by atoms with Crippen LogP contribution in [-0.2, 0) is 0 Å². The summed E-state index contributed by atoms with van der Waals surface area (Å²) in [6, 6.07) is 5.72. The predicted octanol–water partition coefficient (Wildman–Crippen LogP) is 2.91. The zero-order valence-corrected chi connectivity index (χ0v) is 15.2. The van der Waals surface area contributed by atoms with E-state index in [0.717, 1.165) is 0 Å². The molecule has 0 amide bonds. The fourth-order valence-corrected chi connectivity index (χ4v) is 2.86. The topological polar surface area (TPSA) is 108 Å². The largest absolute Gasteiger partial charge is 0.504 e. The highest BCUT2D eigenvalue weighted by Gasteiger charge is 2.24. The maximum Gasteiger partial charge on any atom is 0.239 e. The average Bonchev–Trinajstić information content (AvgIpc) is 2.67. The Hall–Kier alpha value is -3.55. The summed E-state index contributed by atoms with van der Waals surface area (Å²) in [5.41, 5.74) is 0.0173. The number of hydrogen-bond donors (Lipinski definition) is 2. The van der Waals surface area contributed by atoms with Gasteiger partial charge in [0.05, 0.1) is 28.4 Å². The zero-order chi connectivity index (χ0) is 19.7. The van der Waals surface area contributed by atoms with E-state index in [4.69, 9.17) is 23.4 Å². The Kier molecular flexibility index (Phi) is 4.72. The fourth-order valence-electron chi connectivity index (χ4n) is 2.86. The molecule has 3 rings (SSSR count). The molecule has 0 aliphatic carbocycles. The van der Waals surface area contributed by atoms with Gasteiger partial charge in [0, 0.05) is 11.6 Å². The van der Waals surface area contributed by atoms with Gasteiger partial charge in [-0.25, -0.2) is 0 Å². The Labute approximate surface area is 154 Å². The molecule has 0 aliphatic heterocycles. The van der Waals surface area contributed by atoms with E-state index in [9.17, 15) is 15.0 Å². The van der Waals surface area contributed by atoms with Crippen LogP contribution in [0.2, 0.25) is 0 Å². The van der Waals surface area contributed by atoms with Gasteiger partial charge in [-0.15, -0.1) is 0 Å². The van der Waals surface area contributed by atoms with Crippen LogP contribution in [0.5, 0.6) is 34.5 Å². The van der Waals surface area contributed by atoms with Crippen molar-refractivity contribution in [3.05, 3.63) is 34.5 Å². The van der Waals surface area contributed by atoms with E-state index in [1.54, 1.807) is 6.07 Å². The van der Waals surface area contributed by atoms with Crippen LogP contribution in [0.1, 0.15) is 0 Å². The third kappa shape index (κ3) is 2.84. The molecule has 0 fully saturated rings. The van der Waals surface area contributed by atoms with E-state index in [1.807, 2.05) is 0 Å². The van der Waals surface area contributed by atoms with Gasteiger partial charge >= 0.3 is 0 Å². The smallest absolute Gasteiger partial charge is 0.239 e. The minimum absolute atomic E-state index is 0.0124. The van der Waals surface area contributed by atoms with Crippen LogP contribution in [0.25, 0.3) is 22.3 Å². The second kappa shape index (κ2) is 6.99. The van der Waals surface area contributed by atoms with E-state index in [2.05, 4.69) is 0 Å². The average molecular weight is 374 g/mol. The molecule has 0 saturated carbocycles. The van der Waals surface area contributed by atoms with Crippen LogP contribution in [0, 0.1) is 0 Å². The SMILES string of the molecule is COc1cc(-c2oc3cc(O)c(OC)c(OC)c3c(=O)c2OC)ccc1O. The van der Waals surface area contributed by atoms with Crippen molar-refractivity contribution < 1.29 is 33.6 Å². The molecule has 27 heavy (non-hydrogen) atoms. The van der Waals surface area contributed by atoms with E-state index >= 15 is 0 Å². The lowest BCUT2D eigenvalue weighted by Gasteiger charge is -2.14. The van der Waals surface area contributed by atoms with Crippen LogP contribution < -0.4 is 24.4 Å². The van der Waals surface area contributed by atoms with Crippen LogP contribution in [0.15, 0.2) is 33.5 Å². The lowest BCUT2D eigenvalue weighted by Crippen LogP contribution is -2.09. The van der Waals surface area contributed by atoms with Crippen molar-refractivity contribution in [2.24, 2.45) is 0 Å². The number of aromatic hydroxyl groups is 2. The highest BCUT2D eigenvalue weighted by atomic mass is 16.5. The van der Waals surface area contributed by atoms with Gasteiger partial charge in [-0.1, -0.05) is 0 Å². The van der Waals surface area contributed by atoms with E-state index in [1.165, 1.54) is 46.6 Å². The van der Waals surface area contributed by atoms with Crippen LogP contribution in [-0.4, -0.2) is 38.7 Å². The molecule has 8 nitrogen and oxygen atoms in total. The quantitative estimate of drug-likeness (QED) is 0.702. The monoisotopic (exact) mass is 374 g/mol. The molecule has 0 saturated heterocycles. The Balaban J connectivity index is 2.41. The number of ether oxygens (including phenoxy) is 4. The molecule has 1 heterocycles. The van der Waals surface area contributed by atoms with E-state index in [0.29, 0.717) is 5.56 Å². The summed E-state index contributed by atoms with van der Waals surface area (Å²) in [6.07, 6.45) is 0. The molecule has 0 atom stereocenters. The van der Waals surface area contributed by atoms with Crippen molar-refractivity contribution in [3.63, 3.8) is 0 Å². The lowest BCUT2D eigenvalue weighted by atomic mass is 10.1. The molecule has 142 valence electrons. The summed E-state index contributed by atoms with van der Waals surface area (Å²) >= 11 is 0. The van der Waals surface area contributed by atoms with Crippen LogP contribution in [0.3, 0.4) is 0 Å². The summed E-state index contributed by atoms with van der Waals surface area (Å²) < 4.78 is 26.6. The minimum atomic E-state index is -0.504. The summed E-state index contributed by atoms with van der Waals surface area (Å²) in [5, 5.41) is 20.0. The maximum atomic E-state index is 13.1. The minimum Gasteiger partial charge on any atom is -0.504 e. The normalized spacial score (nSPS) is 10.7. The van der Waals surface area contributed by atoms with Gasteiger partial charge in [0.25, 0.3) is 0 Å². The molecule has 8 heteroatoms. The number of phenolic OH excluding ortho intramolecular Hbond substituents is 2.